The Morgan fingerprint density at radius 1 is 1.29 bits per heavy atom. The normalized spacial score (nSPS) is 27.7. The maximum atomic E-state index is 12.7. The molecular weight excluding hydrogens is 285 g/mol. The average molecular weight is 308 g/mol. The Morgan fingerprint density at radius 2 is 1.90 bits per heavy atom. The van der Waals surface area contributed by atoms with E-state index in [-0.39, 0.29) is 38.4 Å². The summed E-state index contributed by atoms with van der Waals surface area (Å²) in [6.45, 7) is 3.93. The van der Waals surface area contributed by atoms with Gasteiger partial charge in [-0.25, -0.2) is 0 Å². The number of likely N-dealkylation sites (tertiary alicyclic amines) is 2. The molecule has 7 heteroatoms. The van der Waals surface area contributed by atoms with Crippen molar-refractivity contribution in [2.75, 3.05) is 32.7 Å². The number of rotatable bonds is 2. The molecule has 1 N–H and O–H groups in total. The third-order valence-corrected chi connectivity index (χ3v) is 4.58. The number of carbonyl (C=O) groups excluding carboxylic acids is 1. The molecule has 1 amide bonds. The summed E-state index contributed by atoms with van der Waals surface area (Å²) in [5.74, 6) is 0.471. The molecule has 0 radical (unpaired) electrons. The number of amides is 1. The molecule has 2 aliphatic heterocycles. The van der Waals surface area contributed by atoms with Gasteiger partial charge in [-0.15, -0.1) is 0 Å². The minimum absolute atomic E-state index is 0.0148. The van der Waals surface area contributed by atoms with Gasteiger partial charge in [0.15, 0.2) is 5.60 Å². The summed E-state index contributed by atoms with van der Waals surface area (Å²) in [7, 11) is 0. The lowest BCUT2D eigenvalue weighted by atomic mass is 9.91. The highest BCUT2D eigenvalue weighted by atomic mass is 19.4. The molecule has 2 heterocycles. The summed E-state index contributed by atoms with van der Waals surface area (Å²) in [4.78, 5) is 15.7. The molecule has 2 saturated heterocycles. The van der Waals surface area contributed by atoms with Crippen molar-refractivity contribution in [3.05, 3.63) is 0 Å². The molecule has 21 heavy (non-hydrogen) atoms. The van der Waals surface area contributed by atoms with Gasteiger partial charge in [0.05, 0.1) is 6.54 Å². The molecule has 0 aromatic rings. The molecule has 2 aliphatic rings. The van der Waals surface area contributed by atoms with E-state index in [0.717, 1.165) is 25.9 Å². The van der Waals surface area contributed by atoms with E-state index in [1.54, 1.807) is 9.80 Å². The van der Waals surface area contributed by atoms with Crippen molar-refractivity contribution in [3.63, 3.8) is 0 Å². The van der Waals surface area contributed by atoms with Crippen molar-refractivity contribution in [1.82, 2.24) is 9.80 Å². The molecule has 1 unspecified atom stereocenters. The zero-order valence-electron chi connectivity index (χ0n) is 12.3. The number of nitrogens with zero attached hydrogens (tertiary/aromatic N) is 2. The number of hydrogen-bond donors (Lipinski definition) is 1. The van der Waals surface area contributed by atoms with Crippen LogP contribution in [0.2, 0.25) is 0 Å². The number of hydrogen-bond acceptors (Lipinski definition) is 3. The van der Waals surface area contributed by atoms with Crippen molar-refractivity contribution < 1.29 is 23.1 Å². The van der Waals surface area contributed by atoms with Gasteiger partial charge in [-0.2, -0.15) is 13.2 Å². The van der Waals surface area contributed by atoms with Crippen LogP contribution in [0, 0.1) is 5.92 Å². The molecular formula is C14H23F3N2O2. The fraction of sp³-hybridized carbons (Fsp3) is 0.929. The van der Waals surface area contributed by atoms with Crippen LogP contribution < -0.4 is 0 Å². The molecule has 1 atom stereocenters. The first-order chi connectivity index (χ1) is 9.71. The van der Waals surface area contributed by atoms with Crippen molar-refractivity contribution in [2.24, 2.45) is 5.92 Å². The van der Waals surface area contributed by atoms with Crippen LogP contribution in [-0.2, 0) is 4.79 Å². The Hall–Kier alpha value is -0.820. The quantitative estimate of drug-likeness (QED) is 0.843. The van der Waals surface area contributed by atoms with Crippen LogP contribution in [0.1, 0.15) is 32.6 Å². The van der Waals surface area contributed by atoms with Gasteiger partial charge in [-0.3, -0.25) is 9.69 Å². The second kappa shape index (κ2) is 6.12. The van der Waals surface area contributed by atoms with E-state index in [4.69, 9.17) is 0 Å². The van der Waals surface area contributed by atoms with Crippen molar-refractivity contribution >= 4 is 5.91 Å². The van der Waals surface area contributed by atoms with E-state index in [1.165, 1.54) is 0 Å². The largest absolute Gasteiger partial charge is 0.417 e. The summed E-state index contributed by atoms with van der Waals surface area (Å²) >= 11 is 0. The Morgan fingerprint density at radius 3 is 2.43 bits per heavy atom. The standard InChI is InChI=1S/C14H23F3N2O2/c1-11-3-2-6-19(9-11)12(20)10-18-7-4-13(21,5-8-18)14(15,16)17/h11,21H,2-10H2,1H3. The average Bonchev–Trinajstić information content (AvgIpc) is 2.40. The summed E-state index contributed by atoms with van der Waals surface area (Å²) in [6.07, 6.45) is -3.21. The van der Waals surface area contributed by atoms with Gasteiger partial charge in [0, 0.05) is 26.2 Å². The van der Waals surface area contributed by atoms with Crippen LogP contribution >= 0.6 is 0 Å². The molecule has 0 aromatic heterocycles. The van der Waals surface area contributed by atoms with Crippen LogP contribution in [-0.4, -0.2) is 65.3 Å². The molecule has 2 fully saturated rings. The van der Waals surface area contributed by atoms with Crippen molar-refractivity contribution in [3.8, 4) is 0 Å². The van der Waals surface area contributed by atoms with Crippen LogP contribution in [0.15, 0.2) is 0 Å². The highest BCUT2D eigenvalue weighted by Crippen LogP contribution is 2.38. The number of halogens is 3. The zero-order chi connectivity index (χ0) is 15.7. The predicted molar refractivity (Wildman–Crippen MR) is 71.7 cm³/mol. The molecule has 0 aliphatic carbocycles. The Labute approximate surface area is 122 Å². The third-order valence-electron chi connectivity index (χ3n) is 4.58. The van der Waals surface area contributed by atoms with Crippen molar-refractivity contribution in [1.29, 1.82) is 0 Å². The zero-order valence-corrected chi connectivity index (χ0v) is 12.3. The van der Waals surface area contributed by atoms with Gasteiger partial charge in [0.2, 0.25) is 5.91 Å². The second-order valence-electron chi connectivity index (χ2n) is 6.39. The van der Waals surface area contributed by atoms with Gasteiger partial charge in [0.1, 0.15) is 0 Å². The topological polar surface area (TPSA) is 43.8 Å². The molecule has 2 rings (SSSR count). The Kier molecular flexibility index (Phi) is 4.82. The van der Waals surface area contributed by atoms with Crippen LogP contribution in [0.4, 0.5) is 13.2 Å². The Bertz CT molecular complexity index is 379. The maximum Gasteiger partial charge on any atom is 0.417 e. The fourth-order valence-corrected chi connectivity index (χ4v) is 3.07. The summed E-state index contributed by atoms with van der Waals surface area (Å²) in [6, 6.07) is 0. The molecule has 0 aromatic carbocycles. The predicted octanol–water partition coefficient (Wildman–Crippen LogP) is 1.63. The molecule has 4 nitrogen and oxygen atoms in total. The molecule has 0 bridgehead atoms. The van der Waals surface area contributed by atoms with Crippen LogP contribution in [0.5, 0.6) is 0 Å². The second-order valence-corrected chi connectivity index (χ2v) is 6.39. The Balaban J connectivity index is 1.82. The monoisotopic (exact) mass is 308 g/mol. The van der Waals surface area contributed by atoms with E-state index in [9.17, 15) is 23.1 Å². The lowest BCUT2D eigenvalue weighted by Crippen LogP contribution is -2.55. The fourth-order valence-electron chi connectivity index (χ4n) is 3.07. The van der Waals surface area contributed by atoms with Gasteiger partial charge in [-0.05, 0) is 31.6 Å². The van der Waals surface area contributed by atoms with Crippen LogP contribution in [0.25, 0.3) is 0 Å². The molecule has 0 spiro atoms. The van der Waals surface area contributed by atoms with E-state index in [1.807, 2.05) is 0 Å². The van der Waals surface area contributed by atoms with Gasteiger partial charge >= 0.3 is 6.18 Å². The minimum Gasteiger partial charge on any atom is -0.380 e. The third kappa shape index (κ3) is 3.88. The number of alkyl halides is 3. The molecule has 122 valence electrons. The summed E-state index contributed by atoms with van der Waals surface area (Å²) in [5.41, 5.74) is -2.59. The first-order valence-corrected chi connectivity index (χ1v) is 7.50. The van der Waals surface area contributed by atoms with Crippen LogP contribution in [0.3, 0.4) is 0 Å². The number of piperidine rings is 2. The van der Waals surface area contributed by atoms with Crippen molar-refractivity contribution in [2.45, 2.75) is 44.4 Å². The number of carbonyl (C=O) groups is 1. The highest BCUT2D eigenvalue weighted by Gasteiger charge is 2.54. The summed E-state index contributed by atoms with van der Waals surface area (Å²) in [5, 5.41) is 9.60. The lowest BCUT2D eigenvalue weighted by Gasteiger charge is -2.40. The maximum absolute atomic E-state index is 12.7. The van der Waals surface area contributed by atoms with Gasteiger partial charge in [-0.1, -0.05) is 6.92 Å². The summed E-state index contributed by atoms with van der Waals surface area (Å²) < 4.78 is 38.1. The number of aliphatic hydroxyl groups is 1. The van der Waals surface area contributed by atoms with E-state index < -0.39 is 11.8 Å². The smallest absolute Gasteiger partial charge is 0.380 e. The minimum atomic E-state index is -4.59. The first-order valence-electron chi connectivity index (χ1n) is 7.50. The van der Waals surface area contributed by atoms with E-state index in [2.05, 4.69) is 6.92 Å². The highest BCUT2D eigenvalue weighted by molar-refractivity contribution is 5.78. The van der Waals surface area contributed by atoms with E-state index in [0.29, 0.717) is 5.92 Å². The SMILES string of the molecule is CC1CCCN(C(=O)CN2CCC(O)(C(F)(F)F)CC2)C1. The van der Waals surface area contributed by atoms with Gasteiger partial charge < -0.3 is 10.0 Å². The lowest BCUT2D eigenvalue weighted by molar-refractivity contribution is -0.272. The van der Waals surface area contributed by atoms with E-state index >= 15 is 0 Å². The first kappa shape index (κ1) is 16.5. The molecule has 0 saturated carbocycles. The van der Waals surface area contributed by atoms with Gasteiger partial charge in [0.25, 0.3) is 0 Å².